The number of hydrogen-bond donors (Lipinski definition) is 8. The number of ketones is 2. The fourth-order valence-electron chi connectivity index (χ4n) is 5.90. The molecule has 0 aromatic heterocycles. The maximum Gasteiger partial charge on any atom is 0.326 e. The van der Waals surface area contributed by atoms with E-state index in [1.165, 1.54) is 37.9 Å². The Bertz CT molecular complexity index is 1440. The highest BCUT2D eigenvalue weighted by atomic mass is 32.2. The molecule has 0 saturated heterocycles. The minimum Gasteiger partial charge on any atom is -0.481 e. The highest BCUT2D eigenvalue weighted by Crippen LogP contribution is 2.14. The maximum atomic E-state index is 12.3. The van der Waals surface area contributed by atoms with Gasteiger partial charge in [0.2, 0.25) is 23.6 Å². The van der Waals surface area contributed by atoms with Gasteiger partial charge < -0.3 is 61.3 Å². The van der Waals surface area contributed by atoms with Crippen molar-refractivity contribution in [1.82, 2.24) is 21.3 Å². The summed E-state index contributed by atoms with van der Waals surface area (Å²) in [5.74, 6) is -4.09. The molecule has 0 fully saturated rings. The van der Waals surface area contributed by atoms with Crippen molar-refractivity contribution >= 4 is 64.9 Å². The predicted octanol–water partition coefficient (Wildman–Crippen LogP) is 4.05. The van der Waals surface area contributed by atoms with Gasteiger partial charge in [-0.05, 0) is 46.0 Å². The van der Waals surface area contributed by atoms with Crippen LogP contribution >= 0.6 is 11.8 Å². The Balaban J connectivity index is -0.00000599. The lowest BCUT2D eigenvalue weighted by Gasteiger charge is -2.14. The molecule has 408 valence electrons. The molecule has 0 rings (SSSR count). The second-order valence-corrected chi connectivity index (χ2v) is 17.5. The van der Waals surface area contributed by atoms with Gasteiger partial charge in [-0.25, -0.2) is 4.79 Å². The summed E-state index contributed by atoms with van der Waals surface area (Å²) in [6, 6.07) is -1.40. The van der Waals surface area contributed by atoms with E-state index in [1.807, 2.05) is 0 Å². The van der Waals surface area contributed by atoms with Crippen molar-refractivity contribution in [2.75, 3.05) is 84.0 Å². The molecule has 0 spiro atoms. The van der Waals surface area contributed by atoms with Crippen LogP contribution in [0.3, 0.4) is 0 Å². The number of carbonyl (C=O) groups is 9. The lowest BCUT2D eigenvalue weighted by molar-refractivity contribution is -0.142. The first kappa shape index (κ1) is 70.0. The fraction of sp³-hybridized carbons (Fsp3) is 0.812. The Morgan fingerprint density at radius 3 is 1.47 bits per heavy atom. The molecule has 4 amide bonds. The number of ether oxygens (including phenoxy) is 4. The second kappa shape index (κ2) is 49.7. The number of nitrogens with two attached hydrogens (primary N) is 1. The molecule has 0 saturated carbocycles. The van der Waals surface area contributed by atoms with Gasteiger partial charge in [0.25, 0.3) is 0 Å². The lowest BCUT2D eigenvalue weighted by atomic mass is 10.0. The van der Waals surface area contributed by atoms with Gasteiger partial charge in [-0.2, -0.15) is 11.8 Å². The molecule has 0 aliphatic rings. The van der Waals surface area contributed by atoms with Crippen LogP contribution in [0, 0.1) is 5.92 Å². The molecule has 22 heteroatoms. The van der Waals surface area contributed by atoms with E-state index in [4.69, 9.17) is 34.9 Å². The van der Waals surface area contributed by atoms with E-state index in [2.05, 4.69) is 21.3 Å². The average molecular weight is 1020 g/mol. The van der Waals surface area contributed by atoms with Crippen LogP contribution in [0.25, 0.3) is 0 Å². The van der Waals surface area contributed by atoms with Crippen LogP contribution in [0.5, 0.6) is 0 Å². The smallest absolute Gasteiger partial charge is 0.326 e. The van der Waals surface area contributed by atoms with E-state index in [0.717, 1.165) is 51.4 Å². The monoisotopic (exact) mass is 1020 g/mol. The number of amides is 4. The second-order valence-electron chi connectivity index (χ2n) is 16.5. The number of carboxylic acids is 3. The minimum absolute atomic E-state index is 0. The Labute approximate surface area is 420 Å². The summed E-state index contributed by atoms with van der Waals surface area (Å²) in [6.07, 6.45) is 14.0. The van der Waals surface area contributed by atoms with Crippen molar-refractivity contribution in [3.8, 4) is 0 Å². The Kier molecular flexibility index (Phi) is 49.8. The zero-order valence-corrected chi connectivity index (χ0v) is 42.3. The first-order valence-electron chi connectivity index (χ1n) is 24.4. The van der Waals surface area contributed by atoms with Gasteiger partial charge in [0.1, 0.15) is 30.8 Å². The third kappa shape index (κ3) is 50.2. The summed E-state index contributed by atoms with van der Waals surface area (Å²) in [5, 5.41) is 37.6. The van der Waals surface area contributed by atoms with Crippen molar-refractivity contribution in [2.24, 2.45) is 11.7 Å². The fourth-order valence-corrected chi connectivity index (χ4v) is 6.97. The zero-order valence-electron chi connectivity index (χ0n) is 41.5. The third-order valence-corrected chi connectivity index (χ3v) is 11.3. The molecule has 0 aliphatic heterocycles. The molecular formula is C48H89N5O16S. The molecule has 21 nitrogen and oxygen atoms in total. The van der Waals surface area contributed by atoms with Crippen LogP contribution in [-0.4, -0.2) is 165 Å². The third-order valence-electron chi connectivity index (χ3n) is 10.2. The van der Waals surface area contributed by atoms with Gasteiger partial charge in [0.15, 0.2) is 0 Å². The SMILES string of the molecule is C.CC(=O)[C@H](C)N.CC[C@@H](CSCC(=O)NCCNC(=O)COCCOCCNC(=O)COCCOCCCC(=O)CC[C@H](NC(=O)CCCCCCCCCCCCCCC(=O)O)C(=O)O)C(=O)O. The number of thioether (sulfide) groups is 1. The van der Waals surface area contributed by atoms with Gasteiger partial charge in [0.05, 0.1) is 50.7 Å². The number of unbranched alkanes of at least 4 members (excludes halogenated alkanes) is 11. The van der Waals surface area contributed by atoms with E-state index in [1.54, 1.807) is 13.8 Å². The quantitative estimate of drug-likeness (QED) is 0.0399. The molecule has 0 aromatic carbocycles. The zero-order chi connectivity index (χ0) is 51.9. The van der Waals surface area contributed by atoms with Crippen molar-refractivity contribution in [3.63, 3.8) is 0 Å². The number of carboxylic acid groups (broad SMARTS) is 3. The normalized spacial score (nSPS) is 11.9. The Hall–Kier alpha value is -4.22. The van der Waals surface area contributed by atoms with Gasteiger partial charge in [-0.3, -0.25) is 38.4 Å². The first-order chi connectivity index (χ1) is 33.0. The maximum absolute atomic E-state index is 12.3. The van der Waals surface area contributed by atoms with Gasteiger partial charge >= 0.3 is 17.9 Å². The molecular weight excluding hydrogens is 935 g/mol. The summed E-state index contributed by atoms with van der Waals surface area (Å²) in [7, 11) is 0. The number of rotatable bonds is 47. The summed E-state index contributed by atoms with van der Waals surface area (Å²) in [4.78, 5) is 103. The highest BCUT2D eigenvalue weighted by molar-refractivity contribution is 7.99. The molecule has 3 atom stereocenters. The lowest BCUT2D eigenvalue weighted by Crippen LogP contribution is -2.41. The molecule has 9 N–H and O–H groups in total. The molecule has 70 heavy (non-hydrogen) atoms. The van der Waals surface area contributed by atoms with E-state index in [-0.39, 0.29) is 152 Å². The topological polar surface area (TPSA) is 325 Å². The molecule has 0 aromatic rings. The van der Waals surface area contributed by atoms with Gasteiger partial charge in [0, 0.05) is 57.7 Å². The highest BCUT2D eigenvalue weighted by Gasteiger charge is 2.21. The van der Waals surface area contributed by atoms with E-state index >= 15 is 0 Å². The van der Waals surface area contributed by atoms with Crippen molar-refractivity contribution in [2.45, 2.75) is 162 Å². The predicted molar refractivity (Wildman–Crippen MR) is 267 cm³/mol. The van der Waals surface area contributed by atoms with E-state index in [9.17, 15) is 48.3 Å². The molecule has 0 bridgehead atoms. The van der Waals surface area contributed by atoms with Crippen molar-refractivity contribution in [3.05, 3.63) is 0 Å². The number of hydrogen-bond acceptors (Lipinski definition) is 15. The van der Waals surface area contributed by atoms with Crippen LogP contribution < -0.4 is 27.0 Å². The summed E-state index contributed by atoms with van der Waals surface area (Å²) >= 11 is 1.25. The molecule has 0 heterocycles. The average Bonchev–Trinajstić information content (AvgIpc) is 3.29. The van der Waals surface area contributed by atoms with Crippen molar-refractivity contribution < 1.29 is 77.4 Å². The summed E-state index contributed by atoms with van der Waals surface area (Å²) < 4.78 is 21.3. The Morgan fingerprint density at radius 1 is 0.543 bits per heavy atom. The van der Waals surface area contributed by atoms with E-state index in [0.29, 0.717) is 31.6 Å². The number of nitrogens with one attached hydrogen (secondary N) is 4. The molecule has 0 radical (unpaired) electrons. The number of Topliss-reactive ketones (excluding diaryl/α,β-unsaturated/α-hetero) is 2. The Morgan fingerprint density at radius 2 is 1.00 bits per heavy atom. The summed E-state index contributed by atoms with van der Waals surface area (Å²) in [5.41, 5.74) is 5.09. The van der Waals surface area contributed by atoms with Crippen LogP contribution in [0.4, 0.5) is 0 Å². The van der Waals surface area contributed by atoms with Crippen LogP contribution in [0.2, 0.25) is 0 Å². The minimum atomic E-state index is -1.17. The van der Waals surface area contributed by atoms with Crippen molar-refractivity contribution in [1.29, 1.82) is 0 Å². The van der Waals surface area contributed by atoms with Gasteiger partial charge in [-0.15, -0.1) is 0 Å². The van der Waals surface area contributed by atoms with E-state index < -0.39 is 29.9 Å². The number of aliphatic carboxylic acids is 3. The standard InChI is InChI=1S/C43H76N4O15S.C4H9NO.CH4/c1-2-34(42(55)56)32-63-33-40(52)45-22-21-44-38(50)30-62-29-27-60-25-23-46-39(51)31-61-28-26-59-24-15-16-35(48)19-20-36(43(57)58)47-37(49)17-13-11-9-7-5-3-4-6-8-10-12-14-18-41(53)54;1-3(5)4(2)6;/h34,36H,2-33H2,1H3,(H,44,50)(H,45,52)(H,46,51)(H,47,49)(H,53,54)(H,55,56)(H,57,58);3H,5H2,1-2H3;1H4/t34-,36-;3-;/m00./s1. The van der Waals surface area contributed by atoms with Crippen LogP contribution in [-0.2, 0) is 62.1 Å². The first-order valence-corrected chi connectivity index (χ1v) is 25.6. The molecule has 0 unspecified atom stereocenters. The largest absolute Gasteiger partial charge is 0.481 e. The molecule has 0 aliphatic carbocycles. The van der Waals surface area contributed by atoms with Crippen LogP contribution in [0.15, 0.2) is 0 Å². The van der Waals surface area contributed by atoms with Gasteiger partial charge in [-0.1, -0.05) is 78.6 Å². The number of carbonyl (C=O) groups excluding carboxylic acids is 6. The summed E-state index contributed by atoms with van der Waals surface area (Å²) in [6.45, 7) is 6.59. The van der Waals surface area contributed by atoms with Crippen LogP contribution in [0.1, 0.15) is 150 Å².